The number of halogens is 1. The lowest BCUT2D eigenvalue weighted by Gasteiger charge is -2.16. The predicted molar refractivity (Wildman–Crippen MR) is 52.7 cm³/mol. The van der Waals surface area contributed by atoms with Crippen molar-refractivity contribution >= 4 is 23.0 Å². The van der Waals surface area contributed by atoms with Crippen molar-refractivity contribution < 1.29 is 3.07 Å². The predicted octanol–water partition coefficient (Wildman–Crippen LogP) is 1.84. The molecule has 0 unspecified atom stereocenters. The second kappa shape index (κ2) is 2.85. The smallest absolute Gasteiger partial charge is 0.109 e. The van der Waals surface area contributed by atoms with Crippen molar-refractivity contribution in [3.63, 3.8) is 0 Å². The quantitative estimate of drug-likeness (QED) is 0.708. The first-order chi connectivity index (χ1) is 5.26. The van der Waals surface area contributed by atoms with Crippen molar-refractivity contribution in [3.8, 4) is 0 Å². The van der Waals surface area contributed by atoms with E-state index >= 15 is 0 Å². The second-order valence-electron chi connectivity index (χ2n) is 4.05. The Balaban J connectivity index is 1.92. The maximum atomic E-state index is 5.15. The fourth-order valence-corrected chi connectivity index (χ4v) is 2.59. The van der Waals surface area contributed by atoms with Crippen LogP contribution in [0.3, 0.4) is 0 Å². The molecular formula is C8H14INO. The zero-order valence-corrected chi connectivity index (χ0v) is 9.00. The molecule has 0 aromatic carbocycles. The Bertz CT molecular complexity index is 158. The van der Waals surface area contributed by atoms with Crippen molar-refractivity contribution in [3.05, 3.63) is 0 Å². The highest BCUT2D eigenvalue weighted by Gasteiger charge is 2.50. The number of nitrogens with zero attached hydrogens (tertiary/aromatic N) is 1. The normalized spacial score (nSPS) is 34.9. The number of hydrogen-bond acceptors (Lipinski definition) is 2. The molecule has 1 saturated carbocycles. The lowest BCUT2D eigenvalue weighted by molar-refractivity contribution is 0.237. The van der Waals surface area contributed by atoms with Gasteiger partial charge < -0.3 is 7.97 Å². The summed E-state index contributed by atoms with van der Waals surface area (Å²) in [6.45, 7) is 2.20. The maximum absolute atomic E-state index is 5.15. The Labute approximate surface area is 82.0 Å². The highest BCUT2D eigenvalue weighted by molar-refractivity contribution is 14.1. The van der Waals surface area contributed by atoms with E-state index in [2.05, 4.69) is 11.9 Å². The average molecular weight is 267 g/mol. The van der Waals surface area contributed by atoms with Gasteiger partial charge in [-0.25, -0.2) is 0 Å². The van der Waals surface area contributed by atoms with Crippen LogP contribution in [0.1, 0.15) is 19.3 Å². The molecule has 0 aromatic heterocycles. The summed E-state index contributed by atoms with van der Waals surface area (Å²) in [5.41, 5.74) is 0.731. The maximum Gasteiger partial charge on any atom is 0.109 e. The van der Waals surface area contributed by atoms with Gasteiger partial charge in [-0.3, -0.25) is 0 Å². The number of rotatable bonds is 2. The highest BCUT2D eigenvalue weighted by Crippen LogP contribution is 2.54. The Morgan fingerprint density at radius 2 is 2.36 bits per heavy atom. The van der Waals surface area contributed by atoms with E-state index in [-0.39, 0.29) is 0 Å². The molecule has 0 aromatic rings. The molecule has 1 atom stereocenters. The average Bonchev–Trinajstić information content (AvgIpc) is 2.61. The van der Waals surface area contributed by atoms with Gasteiger partial charge >= 0.3 is 0 Å². The standard InChI is InChI=1S/C8H14INO/c1-10-6-8(2-3-8)4-7(10)5-11-9/h7H,2-6H2,1H3/t7-/m0/s1. The summed E-state index contributed by atoms with van der Waals surface area (Å²) in [5.74, 6) is 0. The summed E-state index contributed by atoms with van der Waals surface area (Å²) in [6.07, 6.45) is 4.27. The van der Waals surface area contributed by atoms with Crippen LogP contribution in [-0.2, 0) is 3.07 Å². The minimum absolute atomic E-state index is 0.689. The van der Waals surface area contributed by atoms with Crippen LogP contribution in [0.4, 0.5) is 0 Å². The van der Waals surface area contributed by atoms with Crippen molar-refractivity contribution in [1.82, 2.24) is 4.90 Å². The van der Waals surface area contributed by atoms with Crippen LogP contribution >= 0.6 is 23.0 Å². The molecule has 1 aliphatic heterocycles. The Morgan fingerprint density at radius 3 is 2.82 bits per heavy atom. The highest BCUT2D eigenvalue weighted by atomic mass is 127. The summed E-state index contributed by atoms with van der Waals surface area (Å²) in [6, 6.07) is 0.689. The summed E-state index contributed by atoms with van der Waals surface area (Å²) in [4.78, 5) is 2.45. The van der Waals surface area contributed by atoms with E-state index in [0.717, 1.165) is 12.0 Å². The van der Waals surface area contributed by atoms with Gasteiger partial charge in [0, 0.05) is 12.6 Å². The van der Waals surface area contributed by atoms with E-state index in [1.54, 1.807) is 0 Å². The Hall–Kier alpha value is 0.650. The third kappa shape index (κ3) is 1.55. The van der Waals surface area contributed by atoms with Crippen LogP contribution in [-0.4, -0.2) is 31.1 Å². The summed E-state index contributed by atoms with van der Waals surface area (Å²) < 4.78 is 5.15. The first kappa shape index (κ1) is 8.26. The molecule has 1 aliphatic carbocycles. The molecule has 11 heavy (non-hydrogen) atoms. The molecule has 2 fully saturated rings. The van der Waals surface area contributed by atoms with Crippen LogP contribution < -0.4 is 0 Å². The molecule has 3 heteroatoms. The largest absolute Gasteiger partial charge is 0.314 e. The van der Waals surface area contributed by atoms with Crippen LogP contribution in [0.25, 0.3) is 0 Å². The fourth-order valence-electron chi connectivity index (χ4n) is 2.18. The van der Waals surface area contributed by atoms with E-state index in [9.17, 15) is 0 Å². The molecule has 2 aliphatic rings. The van der Waals surface area contributed by atoms with Crippen LogP contribution in [0.2, 0.25) is 0 Å². The molecule has 1 spiro atoms. The van der Waals surface area contributed by atoms with Crippen molar-refractivity contribution in [2.75, 3.05) is 20.2 Å². The van der Waals surface area contributed by atoms with Gasteiger partial charge in [0.05, 0.1) is 6.61 Å². The van der Waals surface area contributed by atoms with Gasteiger partial charge in [0.15, 0.2) is 0 Å². The Morgan fingerprint density at radius 1 is 1.64 bits per heavy atom. The fraction of sp³-hybridized carbons (Fsp3) is 1.00. The SMILES string of the molecule is CN1CC2(CC2)C[C@H]1COI. The first-order valence-electron chi connectivity index (χ1n) is 4.20. The zero-order chi connectivity index (χ0) is 7.90. The third-order valence-electron chi connectivity index (χ3n) is 3.09. The molecule has 2 rings (SSSR count). The summed E-state index contributed by atoms with van der Waals surface area (Å²) >= 11 is 1.99. The van der Waals surface area contributed by atoms with Crippen molar-refractivity contribution in [2.24, 2.45) is 5.41 Å². The summed E-state index contributed by atoms with van der Waals surface area (Å²) in [5, 5.41) is 0. The first-order valence-corrected chi connectivity index (χ1v) is 5.08. The van der Waals surface area contributed by atoms with Gasteiger partial charge in [-0.05, 0) is 31.7 Å². The minimum Gasteiger partial charge on any atom is -0.314 e. The molecule has 0 amide bonds. The van der Waals surface area contributed by atoms with Gasteiger partial charge in [-0.15, -0.1) is 0 Å². The van der Waals surface area contributed by atoms with Gasteiger partial charge in [-0.1, -0.05) is 0 Å². The van der Waals surface area contributed by atoms with E-state index in [4.69, 9.17) is 3.07 Å². The lowest BCUT2D eigenvalue weighted by Crippen LogP contribution is -2.28. The number of hydrogen-bond donors (Lipinski definition) is 0. The van der Waals surface area contributed by atoms with Crippen molar-refractivity contribution in [1.29, 1.82) is 0 Å². The number of likely N-dealkylation sites (tertiary alicyclic amines) is 1. The van der Waals surface area contributed by atoms with Gasteiger partial charge in [-0.2, -0.15) is 0 Å². The zero-order valence-electron chi connectivity index (χ0n) is 6.85. The van der Waals surface area contributed by atoms with E-state index in [1.165, 1.54) is 25.8 Å². The monoisotopic (exact) mass is 267 g/mol. The molecule has 0 N–H and O–H groups in total. The van der Waals surface area contributed by atoms with Gasteiger partial charge in [0.2, 0.25) is 0 Å². The number of likely N-dealkylation sites (N-methyl/N-ethyl adjacent to an activating group) is 1. The summed E-state index contributed by atoms with van der Waals surface area (Å²) in [7, 11) is 2.22. The molecule has 0 radical (unpaired) electrons. The minimum atomic E-state index is 0.689. The molecule has 64 valence electrons. The van der Waals surface area contributed by atoms with Crippen molar-refractivity contribution in [2.45, 2.75) is 25.3 Å². The molecule has 2 nitrogen and oxygen atoms in total. The van der Waals surface area contributed by atoms with Crippen LogP contribution in [0.15, 0.2) is 0 Å². The van der Waals surface area contributed by atoms with E-state index in [1.807, 2.05) is 23.0 Å². The Kier molecular flexibility index (Phi) is 2.14. The van der Waals surface area contributed by atoms with E-state index < -0.39 is 0 Å². The third-order valence-corrected chi connectivity index (χ3v) is 3.45. The van der Waals surface area contributed by atoms with Crippen LogP contribution in [0, 0.1) is 5.41 Å². The second-order valence-corrected chi connectivity index (χ2v) is 4.67. The molecule has 1 saturated heterocycles. The topological polar surface area (TPSA) is 12.5 Å². The van der Waals surface area contributed by atoms with E-state index in [0.29, 0.717) is 6.04 Å². The lowest BCUT2D eigenvalue weighted by atomic mass is 10.0. The molecule has 1 heterocycles. The molecular weight excluding hydrogens is 253 g/mol. The molecule has 0 bridgehead atoms. The van der Waals surface area contributed by atoms with Gasteiger partial charge in [0.25, 0.3) is 0 Å². The van der Waals surface area contributed by atoms with Crippen LogP contribution in [0.5, 0.6) is 0 Å². The van der Waals surface area contributed by atoms with Gasteiger partial charge in [0.1, 0.15) is 23.0 Å².